The van der Waals surface area contributed by atoms with E-state index in [2.05, 4.69) is 36.4 Å². The minimum atomic E-state index is 0.206. The molecule has 1 aromatic rings. The lowest BCUT2D eigenvalue weighted by molar-refractivity contribution is -0.138. The third-order valence-electron chi connectivity index (χ3n) is 4.86. The highest BCUT2D eigenvalue weighted by molar-refractivity contribution is 5.77. The van der Waals surface area contributed by atoms with Gasteiger partial charge in [-0.15, -0.1) is 0 Å². The van der Waals surface area contributed by atoms with E-state index in [1.165, 1.54) is 5.57 Å². The van der Waals surface area contributed by atoms with Crippen LogP contribution in [0.25, 0.3) is 0 Å². The molecule has 0 bridgehead atoms. The number of amides is 1. The third kappa shape index (κ3) is 5.20. The molecule has 24 heavy (non-hydrogen) atoms. The van der Waals surface area contributed by atoms with Crippen LogP contribution in [0.3, 0.4) is 0 Å². The molecule has 5 nitrogen and oxygen atoms in total. The van der Waals surface area contributed by atoms with Gasteiger partial charge in [0.2, 0.25) is 5.91 Å². The largest absolute Gasteiger partial charge is 0.383 e. The van der Waals surface area contributed by atoms with Crippen LogP contribution in [0.4, 0.5) is 0 Å². The molecule has 0 N–H and O–H groups in total. The predicted molar refractivity (Wildman–Crippen MR) is 95.5 cm³/mol. The van der Waals surface area contributed by atoms with Crippen LogP contribution in [0.1, 0.15) is 52.1 Å². The van der Waals surface area contributed by atoms with Gasteiger partial charge in [0.1, 0.15) is 0 Å². The maximum absolute atomic E-state index is 12.4. The smallest absolute Gasteiger partial charge is 0.222 e. The van der Waals surface area contributed by atoms with Gasteiger partial charge in [-0.25, -0.2) is 4.98 Å². The fraction of sp³-hybridized carbons (Fsp3) is 0.684. The number of carbonyl (C=O) groups excluding carboxylic acids is 1. The van der Waals surface area contributed by atoms with Gasteiger partial charge >= 0.3 is 0 Å². The van der Waals surface area contributed by atoms with E-state index in [9.17, 15) is 4.79 Å². The second-order valence-electron chi connectivity index (χ2n) is 7.45. The topological polar surface area (TPSA) is 47.4 Å². The molecular weight excluding hydrogens is 302 g/mol. The van der Waals surface area contributed by atoms with Gasteiger partial charge in [-0.05, 0) is 38.5 Å². The Kier molecular flexibility index (Phi) is 6.60. The number of hydrogen-bond acceptors (Lipinski definition) is 3. The van der Waals surface area contributed by atoms with Crippen molar-refractivity contribution < 1.29 is 9.53 Å². The summed E-state index contributed by atoms with van der Waals surface area (Å²) in [7, 11) is 1.70. The summed E-state index contributed by atoms with van der Waals surface area (Å²) in [6.45, 7) is 9.48. The van der Waals surface area contributed by atoms with Crippen molar-refractivity contribution in [3.05, 3.63) is 29.9 Å². The van der Waals surface area contributed by atoms with Gasteiger partial charge in [-0.1, -0.05) is 18.6 Å². The Balaban J connectivity index is 1.99. The molecule has 134 valence electrons. The van der Waals surface area contributed by atoms with Crippen molar-refractivity contribution in [3.8, 4) is 0 Å². The van der Waals surface area contributed by atoms with E-state index in [1.807, 2.05) is 17.4 Å². The summed E-state index contributed by atoms with van der Waals surface area (Å²) < 4.78 is 7.22. The van der Waals surface area contributed by atoms with Gasteiger partial charge in [-0.2, -0.15) is 0 Å². The minimum Gasteiger partial charge on any atom is -0.383 e. The zero-order valence-electron chi connectivity index (χ0n) is 15.5. The number of rotatable bonds is 8. The number of piperidine rings is 1. The number of carbonyl (C=O) groups is 1. The van der Waals surface area contributed by atoms with Gasteiger partial charge in [-0.3, -0.25) is 4.79 Å². The maximum Gasteiger partial charge on any atom is 0.222 e. The van der Waals surface area contributed by atoms with Gasteiger partial charge in [0.05, 0.1) is 25.2 Å². The standard InChI is InChI=1S/C19H31N3O2/c1-16(2)6-5-8-19(3)9-7-18(23)22(14-19)13-17-12-20-15-21(17)10-11-24-4/h6,12,15H,5,7-11,13-14H2,1-4H3. The maximum atomic E-state index is 12.4. The van der Waals surface area contributed by atoms with E-state index < -0.39 is 0 Å². The Labute approximate surface area is 145 Å². The van der Waals surface area contributed by atoms with E-state index in [0.29, 0.717) is 19.6 Å². The van der Waals surface area contributed by atoms with E-state index in [0.717, 1.165) is 38.0 Å². The van der Waals surface area contributed by atoms with Gasteiger partial charge in [0.15, 0.2) is 0 Å². The van der Waals surface area contributed by atoms with Crippen LogP contribution in [0.15, 0.2) is 24.2 Å². The molecular formula is C19H31N3O2. The number of aromatic nitrogens is 2. The first-order valence-electron chi connectivity index (χ1n) is 8.82. The van der Waals surface area contributed by atoms with Crippen LogP contribution >= 0.6 is 0 Å². The van der Waals surface area contributed by atoms with Crippen LogP contribution in [0.5, 0.6) is 0 Å². The number of nitrogens with zero attached hydrogens (tertiary/aromatic N) is 3. The molecule has 5 heteroatoms. The predicted octanol–water partition coefficient (Wildman–Crippen LogP) is 3.40. The van der Waals surface area contributed by atoms with Gasteiger partial charge in [0, 0.05) is 32.8 Å². The van der Waals surface area contributed by atoms with Crippen LogP contribution in [-0.2, 0) is 22.6 Å². The zero-order valence-corrected chi connectivity index (χ0v) is 15.5. The number of hydrogen-bond donors (Lipinski definition) is 0. The summed E-state index contributed by atoms with van der Waals surface area (Å²) in [5.41, 5.74) is 2.65. The molecule has 0 aliphatic carbocycles. The lowest BCUT2D eigenvalue weighted by Gasteiger charge is -2.40. The second kappa shape index (κ2) is 8.47. The van der Waals surface area contributed by atoms with E-state index >= 15 is 0 Å². The first kappa shape index (κ1) is 18.7. The lowest BCUT2D eigenvalue weighted by Crippen LogP contribution is -2.45. The summed E-state index contributed by atoms with van der Waals surface area (Å²) in [5, 5.41) is 0. The zero-order chi connectivity index (χ0) is 17.6. The summed E-state index contributed by atoms with van der Waals surface area (Å²) in [4.78, 5) is 18.6. The van der Waals surface area contributed by atoms with Crippen molar-refractivity contribution in [2.24, 2.45) is 5.41 Å². The van der Waals surface area contributed by atoms with Crippen molar-refractivity contribution in [3.63, 3.8) is 0 Å². The highest BCUT2D eigenvalue weighted by atomic mass is 16.5. The van der Waals surface area contributed by atoms with Crippen LogP contribution in [0, 0.1) is 5.41 Å². The van der Waals surface area contributed by atoms with Crippen molar-refractivity contribution in [1.82, 2.24) is 14.5 Å². The van der Waals surface area contributed by atoms with E-state index in [4.69, 9.17) is 4.74 Å². The highest BCUT2D eigenvalue weighted by Crippen LogP contribution is 2.35. The highest BCUT2D eigenvalue weighted by Gasteiger charge is 2.34. The van der Waals surface area contributed by atoms with Gasteiger partial charge in [0.25, 0.3) is 0 Å². The quantitative estimate of drug-likeness (QED) is 0.685. The second-order valence-corrected chi connectivity index (χ2v) is 7.45. The fourth-order valence-electron chi connectivity index (χ4n) is 3.32. The van der Waals surface area contributed by atoms with Gasteiger partial charge < -0.3 is 14.2 Å². The van der Waals surface area contributed by atoms with E-state index in [1.54, 1.807) is 7.11 Å². The average molecular weight is 333 g/mol. The molecule has 0 spiro atoms. The average Bonchev–Trinajstić information content (AvgIpc) is 2.96. The van der Waals surface area contributed by atoms with Crippen LogP contribution in [0.2, 0.25) is 0 Å². The Morgan fingerprint density at radius 3 is 2.96 bits per heavy atom. The normalized spacial score (nSPS) is 21.2. The molecule has 1 atom stereocenters. The molecule has 2 heterocycles. The molecule has 1 amide bonds. The number of allylic oxidation sites excluding steroid dienone is 2. The molecule has 0 saturated carbocycles. The molecule has 0 radical (unpaired) electrons. The minimum absolute atomic E-state index is 0.206. The molecule has 1 aromatic heterocycles. The van der Waals surface area contributed by atoms with Crippen molar-refractivity contribution in [2.75, 3.05) is 20.3 Å². The van der Waals surface area contributed by atoms with Crippen LogP contribution in [-0.4, -0.2) is 40.6 Å². The van der Waals surface area contributed by atoms with Crippen molar-refractivity contribution in [1.29, 1.82) is 0 Å². The number of ether oxygens (including phenoxy) is 1. The molecule has 1 unspecified atom stereocenters. The van der Waals surface area contributed by atoms with E-state index in [-0.39, 0.29) is 11.3 Å². The fourth-order valence-corrected chi connectivity index (χ4v) is 3.32. The Bertz CT molecular complexity index is 575. The Morgan fingerprint density at radius 1 is 1.46 bits per heavy atom. The molecule has 1 fully saturated rings. The summed E-state index contributed by atoms with van der Waals surface area (Å²) >= 11 is 0. The summed E-state index contributed by atoms with van der Waals surface area (Å²) in [5.74, 6) is 0.259. The van der Waals surface area contributed by atoms with Crippen molar-refractivity contribution >= 4 is 5.91 Å². The molecule has 1 saturated heterocycles. The number of likely N-dealkylation sites (tertiary alicyclic amines) is 1. The molecule has 1 aliphatic heterocycles. The lowest BCUT2D eigenvalue weighted by atomic mass is 9.77. The summed E-state index contributed by atoms with van der Waals surface area (Å²) in [6.07, 6.45) is 9.83. The van der Waals surface area contributed by atoms with Crippen molar-refractivity contribution in [2.45, 2.75) is 59.5 Å². The Morgan fingerprint density at radius 2 is 2.25 bits per heavy atom. The molecule has 0 aromatic carbocycles. The van der Waals surface area contributed by atoms with Crippen LogP contribution < -0.4 is 0 Å². The molecule has 2 rings (SSSR count). The first-order chi connectivity index (χ1) is 11.4. The number of imidazole rings is 1. The SMILES string of the molecule is COCCn1cncc1CN1CC(C)(CCC=C(C)C)CCC1=O. The Hall–Kier alpha value is -1.62. The summed E-state index contributed by atoms with van der Waals surface area (Å²) in [6, 6.07) is 0. The molecule has 1 aliphatic rings. The first-order valence-corrected chi connectivity index (χ1v) is 8.82. The monoisotopic (exact) mass is 333 g/mol. The number of methoxy groups -OCH3 is 1. The third-order valence-corrected chi connectivity index (χ3v) is 4.86.